The van der Waals surface area contributed by atoms with Crippen molar-refractivity contribution in [3.8, 4) is 0 Å². The SMILES string of the molecule is CC1CCCCC1CNc1ncnc2ccccc12. The van der Waals surface area contributed by atoms with Crippen molar-refractivity contribution in [2.75, 3.05) is 11.9 Å². The van der Waals surface area contributed by atoms with Crippen molar-refractivity contribution < 1.29 is 0 Å². The molecule has 1 aromatic heterocycles. The Morgan fingerprint density at radius 1 is 1.16 bits per heavy atom. The minimum Gasteiger partial charge on any atom is -0.369 e. The van der Waals surface area contributed by atoms with Gasteiger partial charge in [-0.1, -0.05) is 38.3 Å². The second-order valence-electron chi connectivity index (χ2n) is 5.64. The molecule has 0 aliphatic heterocycles. The molecule has 1 saturated carbocycles. The molecule has 2 aromatic rings. The van der Waals surface area contributed by atoms with E-state index in [0.717, 1.165) is 35.1 Å². The maximum absolute atomic E-state index is 4.39. The summed E-state index contributed by atoms with van der Waals surface area (Å²) in [6.07, 6.45) is 7.14. The fraction of sp³-hybridized carbons (Fsp3) is 0.500. The first-order valence-electron chi connectivity index (χ1n) is 7.28. The highest BCUT2D eigenvalue weighted by molar-refractivity contribution is 5.88. The molecule has 3 nitrogen and oxygen atoms in total. The minimum absolute atomic E-state index is 0.780. The highest BCUT2D eigenvalue weighted by atomic mass is 15.0. The zero-order chi connectivity index (χ0) is 13.1. The first-order valence-corrected chi connectivity index (χ1v) is 7.28. The summed E-state index contributed by atoms with van der Waals surface area (Å²) >= 11 is 0. The number of para-hydroxylation sites is 1. The maximum Gasteiger partial charge on any atom is 0.137 e. The number of rotatable bonds is 3. The highest BCUT2D eigenvalue weighted by Crippen LogP contribution is 2.30. The number of anilines is 1. The van der Waals surface area contributed by atoms with Crippen LogP contribution in [-0.4, -0.2) is 16.5 Å². The molecule has 0 spiro atoms. The van der Waals surface area contributed by atoms with Crippen molar-refractivity contribution in [2.24, 2.45) is 11.8 Å². The molecule has 2 unspecified atom stereocenters. The summed E-state index contributed by atoms with van der Waals surface area (Å²) in [5, 5.41) is 4.66. The largest absolute Gasteiger partial charge is 0.369 e. The van der Waals surface area contributed by atoms with Crippen LogP contribution in [-0.2, 0) is 0 Å². The molecule has 1 heterocycles. The lowest BCUT2D eigenvalue weighted by Crippen LogP contribution is -2.24. The zero-order valence-electron chi connectivity index (χ0n) is 11.5. The Balaban J connectivity index is 1.74. The monoisotopic (exact) mass is 255 g/mol. The van der Waals surface area contributed by atoms with Crippen LogP contribution < -0.4 is 5.32 Å². The summed E-state index contributed by atoms with van der Waals surface area (Å²) in [4.78, 5) is 8.69. The molecule has 1 aliphatic rings. The summed E-state index contributed by atoms with van der Waals surface area (Å²) in [5.41, 5.74) is 1.01. The first kappa shape index (κ1) is 12.4. The van der Waals surface area contributed by atoms with E-state index in [1.54, 1.807) is 6.33 Å². The predicted molar refractivity (Wildman–Crippen MR) is 79.1 cm³/mol. The van der Waals surface area contributed by atoms with Crippen LogP contribution in [0.1, 0.15) is 32.6 Å². The summed E-state index contributed by atoms with van der Waals surface area (Å²) in [5.74, 6) is 2.58. The number of nitrogens with one attached hydrogen (secondary N) is 1. The summed E-state index contributed by atoms with van der Waals surface area (Å²) in [6, 6.07) is 8.18. The van der Waals surface area contributed by atoms with Crippen molar-refractivity contribution in [1.82, 2.24) is 9.97 Å². The van der Waals surface area contributed by atoms with Crippen LogP contribution in [0.2, 0.25) is 0 Å². The van der Waals surface area contributed by atoms with E-state index in [1.807, 2.05) is 18.2 Å². The van der Waals surface area contributed by atoms with Gasteiger partial charge < -0.3 is 5.32 Å². The van der Waals surface area contributed by atoms with E-state index in [1.165, 1.54) is 25.7 Å². The van der Waals surface area contributed by atoms with E-state index >= 15 is 0 Å². The molecule has 0 radical (unpaired) electrons. The summed E-state index contributed by atoms with van der Waals surface area (Å²) in [7, 11) is 0. The molecule has 0 saturated heterocycles. The molecule has 0 bridgehead atoms. The van der Waals surface area contributed by atoms with Gasteiger partial charge in [-0.2, -0.15) is 0 Å². The zero-order valence-corrected chi connectivity index (χ0v) is 11.5. The van der Waals surface area contributed by atoms with Gasteiger partial charge in [-0.25, -0.2) is 9.97 Å². The molecular weight excluding hydrogens is 234 g/mol. The quantitative estimate of drug-likeness (QED) is 0.904. The molecule has 1 fully saturated rings. The number of hydrogen-bond acceptors (Lipinski definition) is 3. The Labute approximate surface area is 114 Å². The summed E-state index contributed by atoms with van der Waals surface area (Å²) in [6.45, 7) is 3.41. The molecule has 100 valence electrons. The van der Waals surface area contributed by atoms with Crippen LogP contribution in [0.3, 0.4) is 0 Å². The Hall–Kier alpha value is -1.64. The third-order valence-electron chi connectivity index (χ3n) is 4.36. The molecule has 0 amide bonds. The molecule has 3 rings (SSSR count). The first-order chi connectivity index (χ1) is 9.34. The van der Waals surface area contributed by atoms with Crippen LogP contribution in [0.25, 0.3) is 10.9 Å². The van der Waals surface area contributed by atoms with Gasteiger partial charge in [0, 0.05) is 11.9 Å². The molecule has 1 aliphatic carbocycles. The van der Waals surface area contributed by atoms with Crippen LogP contribution in [0, 0.1) is 11.8 Å². The second-order valence-corrected chi connectivity index (χ2v) is 5.64. The standard InChI is InChI=1S/C16H21N3/c1-12-6-2-3-7-13(12)10-17-16-14-8-4-5-9-15(14)18-11-19-16/h4-5,8-9,11-13H,2-3,6-7,10H2,1H3,(H,17,18,19). The third kappa shape index (κ3) is 2.70. The Bertz CT molecular complexity index is 547. The van der Waals surface area contributed by atoms with E-state index in [-0.39, 0.29) is 0 Å². The van der Waals surface area contributed by atoms with Crippen LogP contribution in [0.15, 0.2) is 30.6 Å². The lowest BCUT2D eigenvalue weighted by Gasteiger charge is -2.29. The second kappa shape index (κ2) is 5.55. The molecule has 3 heteroatoms. The van der Waals surface area contributed by atoms with Crippen molar-refractivity contribution in [2.45, 2.75) is 32.6 Å². The normalized spacial score (nSPS) is 23.4. The van der Waals surface area contributed by atoms with E-state index < -0.39 is 0 Å². The number of aromatic nitrogens is 2. The fourth-order valence-electron chi connectivity index (χ4n) is 3.07. The highest BCUT2D eigenvalue weighted by Gasteiger charge is 2.21. The van der Waals surface area contributed by atoms with E-state index in [2.05, 4.69) is 28.3 Å². The van der Waals surface area contributed by atoms with Crippen LogP contribution in [0.5, 0.6) is 0 Å². The number of hydrogen-bond donors (Lipinski definition) is 1. The number of fused-ring (bicyclic) bond motifs is 1. The molecule has 2 atom stereocenters. The van der Waals surface area contributed by atoms with Gasteiger partial charge in [0.25, 0.3) is 0 Å². The smallest absolute Gasteiger partial charge is 0.137 e. The lowest BCUT2D eigenvalue weighted by atomic mass is 9.80. The van der Waals surface area contributed by atoms with Crippen LogP contribution in [0.4, 0.5) is 5.82 Å². The minimum atomic E-state index is 0.780. The van der Waals surface area contributed by atoms with E-state index in [0.29, 0.717) is 0 Å². The number of benzene rings is 1. The van der Waals surface area contributed by atoms with Gasteiger partial charge in [0.1, 0.15) is 12.1 Å². The lowest BCUT2D eigenvalue weighted by molar-refractivity contribution is 0.268. The van der Waals surface area contributed by atoms with Crippen LogP contribution >= 0.6 is 0 Å². The Morgan fingerprint density at radius 2 is 2.00 bits per heavy atom. The average Bonchev–Trinajstić information content (AvgIpc) is 2.46. The molecule has 1 N–H and O–H groups in total. The van der Waals surface area contributed by atoms with Gasteiger partial charge in [-0.3, -0.25) is 0 Å². The van der Waals surface area contributed by atoms with Crippen molar-refractivity contribution in [1.29, 1.82) is 0 Å². The topological polar surface area (TPSA) is 37.8 Å². The van der Waals surface area contributed by atoms with Gasteiger partial charge in [-0.15, -0.1) is 0 Å². The van der Waals surface area contributed by atoms with Crippen molar-refractivity contribution >= 4 is 16.7 Å². The summed E-state index contributed by atoms with van der Waals surface area (Å²) < 4.78 is 0. The fourth-order valence-corrected chi connectivity index (χ4v) is 3.07. The average molecular weight is 255 g/mol. The van der Waals surface area contributed by atoms with Gasteiger partial charge in [0.2, 0.25) is 0 Å². The van der Waals surface area contributed by atoms with Gasteiger partial charge in [-0.05, 0) is 30.4 Å². The predicted octanol–water partition coefficient (Wildman–Crippen LogP) is 3.87. The molecular formula is C16H21N3. The molecule has 19 heavy (non-hydrogen) atoms. The maximum atomic E-state index is 4.39. The Morgan fingerprint density at radius 3 is 2.89 bits per heavy atom. The number of nitrogens with zero attached hydrogens (tertiary/aromatic N) is 2. The van der Waals surface area contributed by atoms with Gasteiger partial charge in [0.15, 0.2) is 0 Å². The van der Waals surface area contributed by atoms with E-state index in [9.17, 15) is 0 Å². The van der Waals surface area contributed by atoms with Gasteiger partial charge >= 0.3 is 0 Å². The third-order valence-corrected chi connectivity index (χ3v) is 4.36. The van der Waals surface area contributed by atoms with Crippen molar-refractivity contribution in [3.05, 3.63) is 30.6 Å². The molecule has 1 aromatic carbocycles. The Kier molecular flexibility index (Phi) is 3.62. The van der Waals surface area contributed by atoms with E-state index in [4.69, 9.17) is 0 Å². The van der Waals surface area contributed by atoms with Gasteiger partial charge in [0.05, 0.1) is 5.52 Å². The van der Waals surface area contributed by atoms with Crippen molar-refractivity contribution in [3.63, 3.8) is 0 Å².